The van der Waals surface area contributed by atoms with E-state index in [1.807, 2.05) is 0 Å². The molecule has 2 aromatic rings. The van der Waals surface area contributed by atoms with Crippen LogP contribution in [0.5, 0.6) is 23.0 Å². The summed E-state index contributed by atoms with van der Waals surface area (Å²) in [5.41, 5.74) is 2.49. The highest BCUT2D eigenvalue weighted by molar-refractivity contribution is 5.80. The van der Waals surface area contributed by atoms with Gasteiger partial charge in [0.1, 0.15) is 23.0 Å². The highest BCUT2D eigenvalue weighted by atomic mass is 16.7. The SMILES string of the molecule is CCCc1cc(C=O)c(O)cc1OC1CCCCO1.CCCc1cc(C=O)c(O)cc1OC1CCCCO1. The Labute approximate surface area is 224 Å². The van der Waals surface area contributed by atoms with Crippen LogP contribution in [-0.4, -0.2) is 48.6 Å². The molecule has 8 nitrogen and oxygen atoms in total. The van der Waals surface area contributed by atoms with Crippen LogP contribution in [0, 0.1) is 0 Å². The lowest BCUT2D eigenvalue weighted by molar-refractivity contribution is -0.106. The van der Waals surface area contributed by atoms with Gasteiger partial charge in [0.2, 0.25) is 0 Å². The summed E-state index contributed by atoms with van der Waals surface area (Å²) in [6, 6.07) is 6.44. The van der Waals surface area contributed by atoms with E-state index < -0.39 is 0 Å². The van der Waals surface area contributed by atoms with E-state index in [-0.39, 0.29) is 24.1 Å². The van der Waals surface area contributed by atoms with Gasteiger partial charge in [0.05, 0.1) is 24.3 Å². The molecule has 208 valence electrons. The molecule has 0 radical (unpaired) electrons. The Kier molecular flexibility index (Phi) is 11.9. The number of carbonyl (C=O) groups is 2. The van der Waals surface area contributed by atoms with Crippen LogP contribution in [0.25, 0.3) is 0 Å². The van der Waals surface area contributed by atoms with Gasteiger partial charge in [-0.25, -0.2) is 0 Å². The Bertz CT molecular complexity index is 956. The molecule has 2 aliphatic rings. The van der Waals surface area contributed by atoms with E-state index in [1.165, 1.54) is 12.1 Å². The van der Waals surface area contributed by atoms with E-state index in [9.17, 15) is 19.8 Å². The summed E-state index contributed by atoms with van der Waals surface area (Å²) >= 11 is 0. The number of ether oxygens (including phenoxy) is 4. The lowest BCUT2D eigenvalue weighted by Gasteiger charge is -2.25. The molecule has 2 atom stereocenters. The van der Waals surface area contributed by atoms with Crippen molar-refractivity contribution in [3.05, 3.63) is 46.5 Å². The van der Waals surface area contributed by atoms with E-state index >= 15 is 0 Å². The second-order valence-corrected chi connectivity index (χ2v) is 9.60. The van der Waals surface area contributed by atoms with Crippen LogP contribution in [0.4, 0.5) is 0 Å². The van der Waals surface area contributed by atoms with Gasteiger partial charge in [0.15, 0.2) is 25.2 Å². The third-order valence-electron chi connectivity index (χ3n) is 6.50. The molecule has 8 heteroatoms. The average Bonchev–Trinajstić information content (AvgIpc) is 2.93. The first-order valence-corrected chi connectivity index (χ1v) is 13.7. The minimum atomic E-state index is -0.245. The largest absolute Gasteiger partial charge is 0.507 e. The normalized spacial score (nSPS) is 19.1. The van der Waals surface area contributed by atoms with Crippen molar-refractivity contribution in [2.45, 2.75) is 90.6 Å². The molecule has 4 rings (SSSR count). The second kappa shape index (κ2) is 15.3. The molecule has 2 N–H and O–H groups in total. The number of phenols is 2. The number of hydrogen-bond donors (Lipinski definition) is 2. The Balaban J connectivity index is 0.000000211. The fraction of sp³-hybridized carbons (Fsp3) is 0.533. The van der Waals surface area contributed by atoms with Crippen LogP contribution in [0.1, 0.15) is 97.1 Å². The molecule has 2 saturated heterocycles. The van der Waals surface area contributed by atoms with Crippen LogP contribution >= 0.6 is 0 Å². The Hall–Kier alpha value is -3.10. The molecule has 38 heavy (non-hydrogen) atoms. The van der Waals surface area contributed by atoms with Gasteiger partial charge < -0.3 is 29.2 Å². The third-order valence-corrected chi connectivity index (χ3v) is 6.50. The first kappa shape index (κ1) is 29.5. The van der Waals surface area contributed by atoms with Gasteiger partial charge in [0.25, 0.3) is 0 Å². The zero-order valence-corrected chi connectivity index (χ0v) is 22.4. The highest BCUT2D eigenvalue weighted by Gasteiger charge is 2.19. The van der Waals surface area contributed by atoms with Crippen molar-refractivity contribution in [1.82, 2.24) is 0 Å². The Morgan fingerprint density at radius 3 is 1.47 bits per heavy atom. The van der Waals surface area contributed by atoms with Crippen molar-refractivity contribution in [2.75, 3.05) is 13.2 Å². The number of hydrogen-bond acceptors (Lipinski definition) is 8. The monoisotopic (exact) mass is 528 g/mol. The van der Waals surface area contributed by atoms with Crippen LogP contribution in [0.3, 0.4) is 0 Å². The predicted molar refractivity (Wildman–Crippen MR) is 143 cm³/mol. The molecular formula is C30H40O8. The number of rotatable bonds is 10. The topological polar surface area (TPSA) is 112 Å². The molecule has 0 amide bonds. The number of aromatic hydroxyl groups is 2. The maximum atomic E-state index is 10.9. The fourth-order valence-corrected chi connectivity index (χ4v) is 4.50. The fourth-order valence-electron chi connectivity index (χ4n) is 4.50. The van der Waals surface area contributed by atoms with Gasteiger partial charge in [-0.3, -0.25) is 9.59 Å². The van der Waals surface area contributed by atoms with Crippen molar-refractivity contribution < 1.29 is 38.7 Å². The van der Waals surface area contributed by atoms with Gasteiger partial charge in [-0.2, -0.15) is 0 Å². The summed E-state index contributed by atoms with van der Waals surface area (Å²) < 4.78 is 22.7. The van der Waals surface area contributed by atoms with Crippen molar-refractivity contribution in [3.63, 3.8) is 0 Å². The lowest BCUT2D eigenvalue weighted by atomic mass is 10.0. The highest BCUT2D eigenvalue weighted by Crippen LogP contribution is 2.32. The second-order valence-electron chi connectivity index (χ2n) is 9.60. The van der Waals surface area contributed by atoms with E-state index in [4.69, 9.17) is 18.9 Å². The molecule has 2 fully saturated rings. The van der Waals surface area contributed by atoms with Gasteiger partial charge >= 0.3 is 0 Å². The maximum Gasteiger partial charge on any atom is 0.199 e. The minimum absolute atomic E-state index is 0.0411. The quantitative estimate of drug-likeness (QED) is 0.355. The maximum absolute atomic E-state index is 10.9. The summed E-state index contributed by atoms with van der Waals surface area (Å²) in [6.07, 6.45) is 10.4. The number of phenolic OH excluding ortho intramolecular Hbond substituents is 2. The Morgan fingerprint density at radius 2 is 1.16 bits per heavy atom. The first-order chi connectivity index (χ1) is 18.5. The van der Waals surface area contributed by atoms with Gasteiger partial charge in [-0.15, -0.1) is 0 Å². The Morgan fingerprint density at radius 1 is 0.737 bits per heavy atom. The predicted octanol–water partition coefficient (Wildman–Crippen LogP) is 6.13. The summed E-state index contributed by atoms with van der Waals surface area (Å²) in [7, 11) is 0. The summed E-state index contributed by atoms with van der Waals surface area (Å²) in [5, 5.41) is 19.5. The molecule has 2 unspecified atom stereocenters. The molecule has 0 spiro atoms. The molecule has 0 bridgehead atoms. The summed E-state index contributed by atoms with van der Waals surface area (Å²) in [4.78, 5) is 21.7. The number of aryl methyl sites for hydroxylation is 2. The van der Waals surface area contributed by atoms with Crippen molar-refractivity contribution in [3.8, 4) is 23.0 Å². The van der Waals surface area contributed by atoms with Gasteiger partial charge in [0, 0.05) is 25.0 Å². The van der Waals surface area contributed by atoms with Crippen molar-refractivity contribution >= 4 is 12.6 Å². The molecule has 0 aliphatic carbocycles. The molecule has 0 saturated carbocycles. The molecule has 2 aliphatic heterocycles. The van der Waals surface area contributed by atoms with Crippen LogP contribution in [0.2, 0.25) is 0 Å². The smallest absolute Gasteiger partial charge is 0.199 e. The van der Waals surface area contributed by atoms with Crippen LogP contribution in [0.15, 0.2) is 24.3 Å². The number of benzene rings is 2. The van der Waals surface area contributed by atoms with E-state index in [0.29, 0.717) is 48.4 Å². The first-order valence-electron chi connectivity index (χ1n) is 13.7. The van der Waals surface area contributed by atoms with Crippen molar-refractivity contribution in [2.24, 2.45) is 0 Å². The zero-order chi connectivity index (χ0) is 27.3. The van der Waals surface area contributed by atoms with Crippen molar-refractivity contribution in [1.29, 1.82) is 0 Å². The van der Waals surface area contributed by atoms with E-state index in [0.717, 1.165) is 75.3 Å². The lowest BCUT2D eigenvalue weighted by Crippen LogP contribution is -2.25. The molecular weight excluding hydrogens is 488 g/mol. The van der Waals surface area contributed by atoms with Crippen LogP contribution in [-0.2, 0) is 22.3 Å². The minimum Gasteiger partial charge on any atom is -0.507 e. The van der Waals surface area contributed by atoms with Gasteiger partial charge in [-0.1, -0.05) is 26.7 Å². The third kappa shape index (κ3) is 8.46. The van der Waals surface area contributed by atoms with Gasteiger partial charge in [-0.05, 0) is 61.8 Å². The standard InChI is InChI=1S/2C15H20O4/c2*1-2-5-11-8-12(10-16)13(17)9-14(11)19-15-6-3-4-7-18-15/h2*8-10,15,17H,2-7H2,1H3. The molecule has 2 heterocycles. The van der Waals surface area contributed by atoms with E-state index in [1.54, 1.807) is 12.1 Å². The van der Waals surface area contributed by atoms with Crippen LogP contribution < -0.4 is 9.47 Å². The molecule has 0 aromatic heterocycles. The number of aldehydes is 2. The average molecular weight is 529 g/mol. The number of carbonyl (C=O) groups excluding carboxylic acids is 2. The zero-order valence-electron chi connectivity index (χ0n) is 22.4. The summed E-state index contributed by atoms with van der Waals surface area (Å²) in [6.45, 7) is 5.56. The summed E-state index contributed by atoms with van der Waals surface area (Å²) in [5.74, 6) is 1.16. The molecule has 2 aromatic carbocycles. The van der Waals surface area contributed by atoms with E-state index in [2.05, 4.69) is 13.8 Å².